The topological polar surface area (TPSA) is 68.3 Å². The number of benzene rings is 1. The van der Waals surface area contributed by atoms with Crippen molar-refractivity contribution >= 4 is 35.0 Å². The molecule has 1 N–H and O–H groups in total. The van der Waals surface area contributed by atoms with E-state index in [9.17, 15) is 9.59 Å². The van der Waals surface area contributed by atoms with E-state index in [-0.39, 0.29) is 18.6 Å². The van der Waals surface area contributed by atoms with E-state index in [0.717, 1.165) is 34.9 Å². The van der Waals surface area contributed by atoms with Crippen LogP contribution < -0.4 is 5.32 Å². The highest BCUT2D eigenvalue weighted by Crippen LogP contribution is 2.27. The molecule has 0 radical (unpaired) electrons. The second-order valence-corrected chi connectivity index (χ2v) is 9.23. The van der Waals surface area contributed by atoms with Crippen molar-refractivity contribution in [2.45, 2.75) is 56.2 Å². The minimum atomic E-state index is -0.468. The van der Waals surface area contributed by atoms with Crippen LogP contribution in [0.3, 0.4) is 0 Å². The monoisotopic (exact) mass is 418 g/mol. The molecule has 150 valence electrons. The Balaban J connectivity index is 1.53. The minimum Gasteiger partial charge on any atom is -0.452 e. The number of amides is 1. The van der Waals surface area contributed by atoms with Gasteiger partial charge in [0.1, 0.15) is 0 Å². The maximum atomic E-state index is 12.5. The van der Waals surface area contributed by atoms with Gasteiger partial charge in [-0.05, 0) is 37.8 Å². The molecule has 0 bridgehead atoms. The summed E-state index contributed by atoms with van der Waals surface area (Å²) in [6, 6.07) is 7.51. The van der Waals surface area contributed by atoms with Gasteiger partial charge in [-0.25, -0.2) is 9.78 Å². The van der Waals surface area contributed by atoms with E-state index in [0.29, 0.717) is 17.2 Å². The quantitative estimate of drug-likeness (QED) is 0.526. The molecule has 28 heavy (non-hydrogen) atoms. The molecule has 7 heteroatoms. The Kier molecular flexibility index (Phi) is 7.50. The zero-order chi connectivity index (χ0) is 19.9. The number of thioether (sulfide) groups is 1. The smallest absolute Gasteiger partial charge is 0.339 e. The van der Waals surface area contributed by atoms with Crippen LogP contribution in [0.5, 0.6) is 0 Å². The van der Waals surface area contributed by atoms with Gasteiger partial charge in [0.05, 0.1) is 16.3 Å². The highest BCUT2D eigenvalue weighted by molar-refractivity contribution is 7.98. The summed E-state index contributed by atoms with van der Waals surface area (Å²) in [6.07, 6.45) is 4.49. The Bertz CT molecular complexity index is 821. The number of aromatic nitrogens is 1. The average Bonchev–Trinajstić information content (AvgIpc) is 3.12. The summed E-state index contributed by atoms with van der Waals surface area (Å²) < 4.78 is 5.29. The lowest BCUT2D eigenvalue weighted by Crippen LogP contribution is -2.42. The normalized spacial score (nSPS) is 19.2. The Morgan fingerprint density at radius 2 is 2.07 bits per heavy atom. The second kappa shape index (κ2) is 10.1. The number of nitrogens with one attached hydrogen (secondary N) is 1. The molecule has 1 heterocycles. The molecule has 0 spiro atoms. The summed E-state index contributed by atoms with van der Waals surface area (Å²) >= 11 is 3.16. The Labute approximate surface area is 174 Å². The summed E-state index contributed by atoms with van der Waals surface area (Å²) in [7, 11) is 0. The average molecular weight is 419 g/mol. The number of ether oxygens (including phenoxy) is 1. The third kappa shape index (κ3) is 5.82. The van der Waals surface area contributed by atoms with E-state index >= 15 is 0 Å². The van der Waals surface area contributed by atoms with Crippen LogP contribution in [0.15, 0.2) is 34.5 Å². The largest absolute Gasteiger partial charge is 0.452 e. The number of nitrogens with zero attached hydrogens (tertiary/aromatic N) is 1. The van der Waals surface area contributed by atoms with Gasteiger partial charge in [0.15, 0.2) is 6.61 Å². The summed E-state index contributed by atoms with van der Waals surface area (Å²) in [5.41, 5.74) is 1.48. The van der Waals surface area contributed by atoms with Crippen LogP contribution in [0.1, 0.15) is 53.7 Å². The van der Waals surface area contributed by atoms with Crippen LogP contribution in [0.4, 0.5) is 0 Å². The van der Waals surface area contributed by atoms with Gasteiger partial charge in [0.25, 0.3) is 5.91 Å². The predicted octanol–water partition coefficient (Wildman–Crippen LogP) is 4.60. The fourth-order valence-corrected chi connectivity index (χ4v) is 5.03. The molecule has 1 amide bonds. The lowest BCUT2D eigenvalue weighted by molar-refractivity contribution is -0.125. The predicted molar refractivity (Wildman–Crippen MR) is 113 cm³/mol. The molecule has 1 aliphatic carbocycles. The zero-order valence-corrected chi connectivity index (χ0v) is 17.9. The van der Waals surface area contributed by atoms with Gasteiger partial charge in [0, 0.05) is 22.1 Å². The number of aryl methyl sites for hydroxylation is 1. The molecule has 0 unspecified atom stereocenters. The number of carbonyl (C=O) groups is 2. The molecular formula is C21H26N2O3S2. The van der Waals surface area contributed by atoms with Crippen molar-refractivity contribution < 1.29 is 14.3 Å². The van der Waals surface area contributed by atoms with Crippen molar-refractivity contribution in [1.29, 1.82) is 0 Å². The zero-order valence-electron chi connectivity index (χ0n) is 16.3. The Morgan fingerprint density at radius 3 is 2.82 bits per heavy atom. The Morgan fingerprint density at radius 1 is 1.29 bits per heavy atom. The molecule has 0 aliphatic heterocycles. The lowest BCUT2D eigenvalue weighted by Gasteiger charge is -2.29. The third-order valence-electron chi connectivity index (χ3n) is 4.94. The first kappa shape index (κ1) is 20.9. The summed E-state index contributed by atoms with van der Waals surface area (Å²) in [4.78, 5) is 30.0. The highest BCUT2D eigenvalue weighted by Gasteiger charge is 2.23. The van der Waals surface area contributed by atoms with Crippen molar-refractivity contribution in [1.82, 2.24) is 10.3 Å². The van der Waals surface area contributed by atoms with Crippen LogP contribution in [-0.4, -0.2) is 29.5 Å². The fourth-order valence-electron chi connectivity index (χ4n) is 3.38. The van der Waals surface area contributed by atoms with E-state index in [4.69, 9.17) is 4.74 Å². The molecule has 0 saturated heterocycles. The van der Waals surface area contributed by atoms with Crippen molar-refractivity contribution in [2.75, 3.05) is 6.61 Å². The van der Waals surface area contributed by atoms with Crippen molar-refractivity contribution in [3.63, 3.8) is 0 Å². The molecule has 1 fully saturated rings. The minimum absolute atomic E-state index is 0.185. The van der Waals surface area contributed by atoms with Crippen LogP contribution in [-0.2, 0) is 15.3 Å². The molecule has 1 aliphatic rings. The summed E-state index contributed by atoms with van der Waals surface area (Å²) in [5, 5.41) is 6.07. The van der Waals surface area contributed by atoms with Crippen molar-refractivity contribution in [3.05, 3.63) is 45.9 Å². The molecule has 2 atom stereocenters. The van der Waals surface area contributed by atoms with Crippen LogP contribution >= 0.6 is 23.1 Å². The van der Waals surface area contributed by atoms with E-state index < -0.39 is 5.97 Å². The molecule has 1 aromatic carbocycles. The first-order valence-corrected chi connectivity index (χ1v) is 11.5. The van der Waals surface area contributed by atoms with Crippen LogP contribution in [0.25, 0.3) is 0 Å². The van der Waals surface area contributed by atoms with Gasteiger partial charge in [-0.15, -0.1) is 23.1 Å². The molecule has 3 rings (SSSR count). The maximum absolute atomic E-state index is 12.5. The van der Waals surface area contributed by atoms with Gasteiger partial charge in [-0.2, -0.15) is 0 Å². The first-order valence-electron chi connectivity index (χ1n) is 9.62. The molecule has 1 aromatic heterocycles. The lowest BCUT2D eigenvalue weighted by atomic mass is 9.86. The first-order chi connectivity index (χ1) is 13.5. The van der Waals surface area contributed by atoms with Crippen molar-refractivity contribution in [2.24, 2.45) is 5.92 Å². The van der Waals surface area contributed by atoms with E-state index in [1.807, 2.05) is 24.4 Å². The fraction of sp³-hybridized carbons (Fsp3) is 0.476. The molecule has 2 aromatic rings. The van der Waals surface area contributed by atoms with E-state index in [2.05, 4.69) is 17.2 Å². The van der Waals surface area contributed by atoms with Gasteiger partial charge >= 0.3 is 5.97 Å². The number of hydrogen-bond donors (Lipinski definition) is 1. The maximum Gasteiger partial charge on any atom is 0.339 e. The van der Waals surface area contributed by atoms with Gasteiger partial charge in [-0.3, -0.25) is 4.79 Å². The van der Waals surface area contributed by atoms with Gasteiger partial charge < -0.3 is 10.1 Å². The number of thiazole rings is 1. The Hall–Kier alpha value is -1.86. The van der Waals surface area contributed by atoms with Crippen LogP contribution in [0, 0.1) is 12.8 Å². The second-order valence-electron chi connectivity index (χ2n) is 7.15. The van der Waals surface area contributed by atoms with Gasteiger partial charge in [0.2, 0.25) is 0 Å². The van der Waals surface area contributed by atoms with Crippen molar-refractivity contribution in [3.8, 4) is 0 Å². The number of rotatable bonds is 7. The number of esters is 1. The summed E-state index contributed by atoms with van der Waals surface area (Å²) in [5.74, 6) is 0.466. The molecule has 5 nitrogen and oxygen atoms in total. The third-order valence-corrected chi connectivity index (χ3v) is 6.87. The highest BCUT2D eigenvalue weighted by atomic mass is 32.2. The van der Waals surface area contributed by atoms with E-state index in [1.54, 1.807) is 35.2 Å². The van der Waals surface area contributed by atoms with Crippen LogP contribution in [0.2, 0.25) is 0 Å². The number of hydrogen-bond acceptors (Lipinski definition) is 6. The van der Waals surface area contributed by atoms with E-state index in [1.165, 1.54) is 6.42 Å². The summed E-state index contributed by atoms with van der Waals surface area (Å²) in [6.45, 7) is 3.89. The number of carbonyl (C=O) groups excluding carboxylic acids is 2. The molecular weight excluding hydrogens is 392 g/mol. The standard InChI is InChI=1S/C21H26N2O3S2/c1-14-7-3-5-9-18(14)23-20(24)11-26-21(25)17-8-4-6-10-19(17)28-13-16-12-27-15(2)22-16/h4,6,8,10,12,14,18H,3,5,7,9,11,13H2,1-2H3,(H,23,24)/t14-,18+/m1/s1. The molecule has 1 saturated carbocycles. The van der Waals surface area contributed by atoms with Gasteiger partial charge in [-0.1, -0.05) is 31.9 Å². The SMILES string of the molecule is Cc1nc(CSc2ccccc2C(=O)OCC(=O)N[C@H]2CCCC[C@H]2C)cs1.